The minimum absolute atomic E-state index is 0.104. The topological polar surface area (TPSA) is 17.1 Å². The van der Waals surface area contributed by atoms with E-state index < -0.39 is 0 Å². The highest BCUT2D eigenvalue weighted by atomic mass is 16.1. The largest absolute Gasteiger partial charge is 0.289 e. The van der Waals surface area contributed by atoms with E-state index in [1.165, 1.54) is 0 Å². The molecule has 0 aliphatic rings. The third kappa shape index (κ3) is 2.45. The molecule has 0 saturated carbocycles. The third-order valence-electron chi connectivity index (χ3n) is 1.86. The van der Waals surface area contributed by atoms with Gasteiger partial charge in [0.05, 0.1) is 0 Å². The van der Waals surface area contributed by atoms with Crippen LogP contribution in [0.4, 0.5) is 0 Å². The standard InChI is InChI=1S/C12H12O/c1-3-4-8-11-9-6-5-7-10(2)12(11)13/h5-7,9H,8H2,1-2H3. The molecule has 0 spiro atoms. The minimum atomic E-state index is 0.104. The summed E-state index contributed by atoms with van der Waals surface area (Å²) in [6, 6.07) is 7.41. The summed E-state index contributed by atoms with van der Waals surface area (Å²) in [6.07, 6.45) is 0.546. The van der Waals surface area contributed by atoms with Crippen LogP contribution in [0.1, 0.15) is 18.1 Å². The van der Waals surface area contributed by atoms with Crippen LogP contribution in [0.5, 0.6) is 0 Å². The van der Waals surface area contributed by atoms with Crippen molar-refractivity contribution in [2.75, 3.05) is 0 Å². The highest BCUT2D eigenvalue weighted by Gasteiger charge is 1.96. The van der Waals surface area contributed by atoms with Crippen molar-refractivity contribution in [1.82, 2.24) is 0 Å². The maximum absolute atomic E-state index is 11.6. The fraction of sp³-hybridized carbons (Fsp3) is 0.250. The van der Waals surface area contributed by atoms with E-state index in [0.717, 1.165) is 11.1 Å². The van der Waals surface area contributed by atoms with Crippen molar-refractivity contribution in [2.45, 2.75) is 20.3 Å². The van der Waals surface area contributed by atoms with Crippen LogP contribution in [-0.2, 0) is 6.42 Å². The fourth-order valence-corrected chi connectivity index (χ4v) is 1.10. The van der Waals surface area contributed by atoms with E-state index in [1.807, 2.05) is 31.2 Å². The Morgan fingerprint density at radius 2 is 2.00 bits per heavy atom. The number of hydrogen-bond donors (Lipinski definition) is 0. The molecule has 13 heavy (non-hydrogen) atoms. The normalized spacial score (nSPS) is 8.77. The van der Waals surface area contributed by atoms with Crippen LogP contribution < -0.4 is 5.43 Å². The summed E-state index contributed by atoms with van der Waals surface area (Å²) in [4.78, 5) is 11.6. The van der Waals surface area contributed by atoms with Crippen molar-refractivity contribution >= 4 is 0 Å². The van der Waals surface area contributed by atoms with Crippen LogP contribution in [0.2, 0.25) is 0 Å². The Balaban J connectivity index is 3.21. The second-order valence-corrected chi connectivity index (χ2v) is 2.86. The second-order valence-electron chi connectivity index (χ2n) is 2.86. The van der Waals surface area contributed by atoms with Gasteiger partial charge in [0.1, 0.15) is 0 Å². The van der Waals surface area contributed by atoms with Gasteiger partial charge in [0.15, 0.2) is 5.43 Å². The molecule has 1 rings (SSSR count). The molecule has 0 saturated heterocycles. The first-order chi connectivity index (χ1) is 6.25. The van der Waals surface area contributed by atoms with Gasteiger partial charge in [0, 0.05) is 12.0 Å². The smallest absolute Gasteiger partial charge is 0.185 e. The summed E-state index contributed by atoms with van der Waals surface area (Å²) >= 11 is 0. The van der Waals surface area contributed by atoms with Gasteiger partial charge in [-0.15, -0.1) is 5.92 Å². The van der Waals surface area contributed by atoms with Gasteiger partial charge < -0.3 is 0 Å². The lowest BCUT2D eigenvalue weighted by Crippen LogP contribution is -2.07. The Kier molecular flexibility index (Phi) is 3.28. The Bertz CT molecular complexity index is 408. The average molecular weight is 172 g/mol. The summed E-state index contributed by atoms with van der Waals surface area (Å²) in [7, 11) is 0. The van der Waals surface area contributed by atoms with Crippen molar-refractivity contribution in [2.24, 2.45) is 0 Å². The molecule has 0 amide bonds. The zero-order valence-electron chi connectivity index (χ0n) is 7.92. The van der Waals surface area contributed by atoms with Gasteiger partial charge in [-0.05, 0) is 19.4 Å². The lowest BCUT2D eigenvalue weighted by molar-refractivity contribution is 1.26. The zero-order valence-corrected chi connectivity index (χ0v) is 7.92. The van der Waals surface area contributed by atoms with Crippen molar-refractivity contribution in [1.29, 1.82) is 0 Å². The van der Waals surface area contributed by atoms with Gasteiger partial charge in [-0.3, -0.25) is 4.79 Å². The fourth-order valence-electron chi connectivity index (χ4n) is 1.10. The maximum Gasteiger partial charge on any atom is 0.185 e. The van der Waals surface area contributed by atoms with Gasteiger partial charge in [-0.2, -0.15) is 0 Å². The molecule has 0 bridgehead atoms. The lowest BCUT2D eigenvalue weighted by atomic mass is 10.1. The van der Waals surface area contributed by atoms with E-state index in [-0.39, 0.29) is 5.43 Å². The molecule has 0 atom stereocenters. The van der Waals surface area contributed by atoms with E-state index >= 15 is 0 Å². The van der Waals surface area contributed by atoms with Crippen molar-refractivity contribution in [3.05, 3.63) is 45.6 Å². The molecule has 1 nitrogen and oxygen atoms in total. The van der Waals surface area contributed by atoms with Crippen LogP contribution in [0.25, 0.3) is 0 Å². The summed E-state index contributed by atoms with van der Waals surface area (Å²) in [5.41, 5.74) is 1.66. The van der Waals surface area contributed by atoms with Crippen molar-refractivity contribution < 1.29 is 0 Å². The molecule has 0 unspecified atom stereocenters. The summed E-state index contributed by atoms with van der Waals surface area (Å²) < 4.78 is 0. The molecule has 1 aromatic carbocycles. The third-order valence-corrected chi connectivity index (χ3v) is 1.86. The Hall–Kier alpha value is -1.55. The van der Waals surface area contributed by atoms with E-state index in [0.29, 0.717) is 6.42 Å². The molecule has 0 radical (unpaired) electrons. The SMILES string of the molecule is CC#CCc1ccccc(C)c1=O. The number of aryl methyl sites for hydroxylation is 1. The molecule has 0 aliphatic heterocycles. The highest BCUT2D eigenvalue weighted by molar-refractivity contribution is 5.24. The molecule has 0 aromatic heterocycles. The van der Waals surface area contributed by atoms with Gasteiger partial charge in [-0.25, -0.2) is 0 Å². The first kappa shape index (κ1) is 9.54. The van der Waals surface area contributed by atoms with Crippen LogP contribution in [-0.4, -0.2) is 0 Å². The summed E-state index contributed by atoms with van der Waals surface area (Å²) in [5, 5.41) is 0. The molecule has 66 valence electrons. The molecule has 0 N–H and O–H groups in total. The first-order valence-corrected chi connectivity index (χ1v) is 4.24. The van der Waals surface area contributed by atoms with Crippen LogP contribution in [0.3, 0.4) is 0 Å². The minimum Gasteiger partial charge on any atom is -0.289 e. The van der Waals surface area contributed by atoms with Gasteiger partial charge >= 0.3 is 0 Å². The van der Waals surface area contributed by atoms with Crippen LogP contribution in [0.15, 0.2) is 29.1 Å². The second kappa shape index (κ2) is 4.47. The highest BCUT2D eigenvalue weighted by Crippen LogP contribution is 1.94. The Morgan fingerprint density at radius 1 is 1.31 bits per heavy atom. The predicted molar refractivity (Wildman–Crippen MR) is 54.6 cm³/mol. The van der Waals surface area contributed by atoms with Crippen LogP contribution in [0, 0.1) is 18.8 Å². The van der Waals surface area contributed by atoms with Crippen molar-refractivity contribution in [3.8, 4) is 11.8 Å². The number of hydrogen-bond acceptors (Lipinski definition) is 1. The molecule has 0 aliphatic carbocycles. The van der Waals surface area contributed by atoms with Crippen LogP contribution >= 0.6 is 0 Å². The lowest BCUT2D eigenvalue weighted by Gasteiger charge is -1.88. The van der Waals surface area contributed by atoms with E-state index in [2.05, 4.69) is 11.8 Å². The Labute approximate surface area is 78.4 Å². The van der Waals surface area contributed by atoms with Gasteiger partial charge in [-0.1, -0.05) is 30.2 Å². The molecular weight excluding hydrogens is 160 g/mol. The van der Waals surface area contributed by atoms with Crippen molar-refractivity contribution in [3.63, 3.8) is 0 Å². The molecule has 1 heteroatoms. The van der Waals surface area contributed by atoms with Gasteiger partial charge in [0.25, 0.3) is 0 Å². The van der Waals surface area contributed by atoms with E-state index in [9.17, 15) is 4.79 Å². The van der Waals surface area contributed by atoms with E-state index in [1.54, 1.807) is 6.92 Å². The maximum atomic E-state index is 11.6. The molecule has 0 heterocycles. The summed E-state index contributed by atoms with van der Waals surface area (Å²) in [6.45, 7) is 3.60. The first-order valence-electron chi connectivity index (χ1n) is 4.24. The average Bonchev–Trinajstić information content (AvgIpc) is 2.28. The number of rotatable bonds is 1. The predicted octanol–water partition coefficient (Wildman–Crippen LogP) is 1.92. The molecular formula is C12H12O. The monoisotopic (exact) mass is 172 g/mol. The Morgan fingerprint density at radius 3 is 2.69 bits per heavy atom. The molecule has 1 aromatic rings. The van der Waals surface area contributed by atoms with E-state index in [4.69, 9.17) is 0 Å². The summed E-state index contributed by atoms with van der Waals surface area (Å²) in [5.74, 6) is 5.68. The van der Waals surface area contributed by atoms with Gasteiger partial charge in [0.2, 0.25) is 0 Å². The zero-order chi connectivity index (χ0) is 9.68. The quantitative estimate of drug-likeness (QED) is 0.591. The molecule has 0 fully saturated rings.